The molecule has 0 aromatic carbocycles. The summed E-state index contributed by atoms with van der Waals surface area (Å²) in [4.78, 5) is 0. The molecule has 0 N–H and O–H groups in total. The molecule has 1 rings (SSSR count). The van der Waals surface area contributed by atoms with Crippen molar-refractivity contribution >= 4 is 22.9 Å². The predicted molar refractivity (Wildman–Crippen MR) is 43.6 cm³/mol. The van der Waals surface area contributed by atoms with E-state index in [-0.39, 0.29) is 0 Å². The van der Waals surface area contributed by atoms with Gasteiger partial charge in [-0.1, -0.05) is 11.6 Å². The van der Waals surface area contributed by atoms with Crippen LogP contribution in [0, 0.1) is 0 Å². The highest BCUT2D eigenvalue weighted by atomic mass is 127. The van der Waals surface area contributed by atoms with Crippen LogP contribution in [0.4, 0.5) is 0 Å². The quantitative estimate of drug-likeness (QED) is 0.447. The Morgan fingerprint density at radius 1 is 1.75 bits per heavy atom. The number of allylic oxidation sites excluding steroid dienone is 2. The van der Waals surface area contributed by atoms with Crippen LogP contribution in [-0.2, 0) is 0 Å². The van der Waals surface area contributed by atoms with Gasteiger partial charge in [0.25, 0.3) is 0 Å². The fourth-order valence-corrected chi connectivity index (χ4v) is 0.916. The molecule has 1 nitrogen and oxygen atoms in total. The highest BCUT2D eigenvalue weighted by Crippen LogP contribution is 2.08. The van der Waals surface area contributed by atoms with Crippen LogP contribution < -0.4 is 0 Å². The van der Waals surface area contributed by atoms with Gasteiger partial charge in [-0.15, -0.1) is 0 Å². The molecule has 0 fully saturated rings. The minimum atomic E-state index is 1.04. The summed E-state index contributed by atoms with van der Waals surface area (Å²) in [6.07, 6.45) is 6.39. The number of nitrogens with zero attached hydrogens (tertiary/aromatic N) is 1. The lowest BCUT2D eigenvalue weighted by molar-refractivity contribution is 0.737. The van der Waals surface area contributed by atoms with Gasteiger partial charge in [0.15, 0.2) is 0 Å². The second kappa shape index (κ2) is 2.53. The fourth-order valence-electron chi connectivity index (χ4n) is 0.559. The van der Waals surface area contributed by atoms with E-state index < -0.39 is 0 Å². The summed E-state index contributed by atoms with van der Waals surface area (Å²) < 4.78 is 2.12. The van der Waals surface area contributed by atoms with E-state index in [9.17, 15) is 0 Å². The largest absolute Gasteiger partial charge is 0.318 e. The average molecular weight is 221 g/mol. The molecular weight excluding hydrogens is 213 g/mol. The van der Waals surface area contributed by atoms with Gasteiger partial charge in [-0.3, -0.25) is 0 Å². The van der Waals surface area contributed by atoms with Crippen molar-refractivity contribution in [2.45, 2.75) is 6.92 Å². The molecule has 44 valence electrons. The molecule has 0 aromatic rings. The van der Waals surface area contributed by atoms with Crippen LogP contribution in [0.25, 0.3) is 0 Å². The van der Waals surface area contributed by atoms with Gasteiger partial charge in [0.05, 0.1) is 22.9 Å². The molecule has 0 atom stereocenters. The van der Waals surface area contributed by atoms with Crippen LogP contribution in [0.5, 0.6) is 0 Å². The average Bonchev–Trinajstić information content (AvgIpc) is 1.77. The zero-order valence-electron chi connectivity index (χ0n) is 4.76. The van der Waals surface area contributed by atoms with Crippen molar-refractivity contribution in [1.82, 2.24) is 3.11 Å². The third-order valence-electron chi connectivity index (χ3n) is 1.09. The maximum Gasteiger partial charge on any atom is 0.0589 e. The van der Waals surface area contributed by atoms with Crippen molar-refractivity contribution in [2.24, 2.45) is 0 Å². The molecule has 0 bridgehead atoms. The first-order valence-electron chi connectivity index (χ1n) is 2.56. The zero-order valence-corrected chi connectivity index (χ0v) is 6.92. The highest BCUT2D eigenvalue weighted by molar-refractivity contribution is 14.1. The van der Waals surface area contributed by atoms with Crippen molar-refractivity contribution < 1.29 is 0 Å². The first-order chi connectivity index (χ1) is 3.79. The molecule has 0 aliphatic carbocycles. The second-order valence-corrected chi connectivity index (χ2v) is 3.09. The van der Waals surface area contributed by atoms with Crippen LogP contribution in [0.3, 0.4) is 0 Å². The molecule has 0 saturated heterocycles. The Morgan fingerprint density at radius 2 is 2.50 bits per heavy atom. The lowest BCUT2D eigenvalue weighted by Gasteiger charge is -2.11. The molecule has 1 heterocycles. The number of halogens is 1. The van der Waals surface area contributed by atoms with Crippen LogP contribution >= 0.6 is 22.9 Å². The van der Waals surface area contributed by atoms with Crippen molar-refractivity contribution in [3.05, 3.63) is 23.9 Å². The van der Waals surface area contributed by atoms with E-state index in [0.29, 0.717) is 0 Å². The van der Waals surface area contributed by atoms with E-state index in [4.69, 9.17) is 0 Å². The topological polar surface area (TPSA) is 3.24 Å². The Labute approximate surface area is 63.6 Å². The normalized spacial score (nSPS) is 18.8. The van der Waals surface area contributed by atoms with Gasteiger partial charge in [-0.25, -0.2) is 0 Å². The molecule has 2 heteroatoms. The van der Waals surface area contributed by atoms with Crippen LogP contribution in [0.1, 0.15) is 6.92 Å². The highest BCUT2D eigenvalue weighted by Gasteiger charge is 1.94. The first kappa shape index (κ1) is 6.13. The van der Waals surface area contributed by atoms with Gasteiger partial charge in [0, 0.05) is 12.7 Å². The summed E-state index contributed by atoms with van der Waals surface area (Å²) in [7, 11) is 0. The molecule has 0 unspecified atom stereocenters. The van der Waals surface area contributed by atoms with Gasteiger partial charge in [0.2, 0.25) is 0 Å². The molecule has 0 radical (unpaired) electrons. The predicted octanol–water partition coefficient (Wildman–Crippen LogP) is 2.11. The minimum Gasteiger partial charge on any atom is -0.318 e. The molecular formula is C6H8IN. The molecule has 8 heavy (non-hydrogen) atoms. The van der Waals surface area contributed by atoms with E-state index in [1.165, 1.54) is 5.57 Å². The monoisotopic (exact) mass is 221 g/mol. The minimum absolute atomic E-state index is 1.04. The Morgan fingerprint density at radius 3 is 2.88 bits per heavy atom. The van der Waals surface area contributed by atoms with Gasteiger partial charge >= 0.3 is 0 Å². The van der Waals surface area contributed by atoms with Gasteiger partial charge in [0.1, 0.15) is 0 Å². The summed E-state index contributed by atoms with van der Waals surface area (Å²) >= 11 is 2.27. The fraction of sp³-hybridized carbons (Fsp3) is 0.333. The SMILES string of the molecule is CC1=CCN(I)C=C1. The summed E-state index contributed by atoms with van der Waals surface area (Å²) in [5, 5.41) is 0. The zero-order chi connectivity index (χ0) is 5.98. The molecule has 1 aliphatic rings. The van der Waals surface area contributed by atoms with Crippen LogP contribution in [0.15, 0.2) is 23.9 Å². The standard InChI is InChI=1S/C6H8IN/c1-6-2-4-8(7)5-3-6/h2-4H,5H2,1H3. The van der Waals surface area contributed by atoms with Crippen molar-refractivity contribution in [2.75, 3.05) is 6.54 Å². The first-order valence-corrected chi connectivity index (χ1v) is 3.53. The molecule has 0 aromatic heterocycles. The maximum absolute atomic E-state index is 2.27. The van der Waals surface area contributed by atoms with Crippen molar-refractivity contribution in [1.29, 1.82) is 0 Å². The summed E-state index contributed by atoms with van der Waals surface area (Å²) in [6.45, 7) is 3.16. The molecule has 0 saturated carbocycles. The van der Waals surface area contributed by atoms with Crippen molar-refractivity contribution in [3.63, 3.8) is 0 Å². The molecule has 0 amide bonds. The third-order valence-corrected chi connectivity index (χ3v) is 1.80. The van der Waals surface area contributed by atoms with E-state index in [0.717, 1.165) is 6.54 Å². The molecule has 0 spiro atoms. The van der Waals surface area contributed by atoms with E-state index in [1.807, 2.05) is 0 Å². The third kappa shape index (κ3) is 1.51. The Balaban J connectivity index is 2.58. The van der Waals surface area contributed by atoms with Gasteiger partial charge in [-0.05, 0) is 13.0 Å². The summed E-state index contributed by atoms with van der Waals surface area (Å²) in [5.41, 5.74) is 1.36. The van der Waals surface area contributed by atoms with Crippen LogP contribution in [-0.4, -0.2) is 9.66 Å². The lowest BCUT2D eigenvalue weighted by Crippen LogP contribution is -2.05. The Hall–Kier alpha value is 0.01000. The van der Waals surface area contributed by atoms with Gasteiger partial charge < -0.3 is 3.11 Å². The van der Waals surface area contributed by atoms with E-state index >= 15 is 0 Å². The summed E-state index contributed by atoms with van der Waals surface area (Å²) in [5.74, 6) is 0. The lowest BCUT2D eigenvalue weighted by atomic mass is 10.2. The number of rotatable bonds is 0. The van der Waals surface area contributed by atoms with E-state index in [2.05, 4.69) is 51.3 Å². The Bertz CT molecular complexity index is 137. The maximum atomic E-state index is 2.27. The van der Waals surface area contributed by atoms with Gasteiger partial charge in [-0.2, -0.15) is 0 Å². The van der Waals surface area contributed by atoms with Crippen LogP contribution in [0.2, 0.25) is 0 Å². The van der Waals surface area contributed by atoms with Crippen molar-refractivity contribution in [3.8, 4) is 0 Å². The Kier molecular flexibility index (Phi) is 1.94. The smallest absolute Gasteiger partial charge is 0.0589 e. The second-order valence-electron chi connectivity index (χ2n) is 1.85. The number of hydrogen-bond acceptors (Lipinski definition) is 1. The number of hydrogen-bond donors (Lipinski definition) is 0. The summed E-state index contributed by atoms with van der Waals surface area (Å²) in [6, 6.07) is 0. The molecule has 1 aliphatic heterocycles. The van der Waals surface area contributed by atoms with E-state index in [1.54, 1.807) is 0 Å².